The van der Waals surface area contributed by atoms with Gasteiger partial charge in [-0.15, -0.1) is 0 Å². The van der Waals surface area contributed by atoms with Crippen LogP contribution < -0.4 is 14.9 Å². The number of nitrogens with one attached hydrogen (secondary N) is 2. The van der Waals surface area contributed by atoms with E-state index in [0.29, 0.717) is 0 Å². The minimum Gasteiger partial charge on any atom is -0.294 e. The molecule has 10 heteroatoms. The second-order valence-corrected chi connectivity index (χ2v) is 8.32. The molecule has 0 spiro atoms. The molecule has 0 fully saturated rings. The molecule has 1 aromatic rings. The largest absolute Gasteiger partial charge is 0.294 e. The Kier molecular flexibility index (Phi) is 5.99. The summed E-state index contributed by atoms with van der Waals surface area (Å²) < 4.78 is 26.9. The number of carbonyl (C=O) groups excluding carboxylic acids is 3. The van der Waals surface area contributed by atoms with Crippen LogP contribution in [0.3, 0.4) is 0 Å². The molecular formula is C17H22N4O5S. The molecule has 1 aliphatic rings. The Morgan fingerprint density at radius 1 is 1.07 bits per heavy atom. The minimum atomic E-state index is -3.97. The van der Waals surface area contributed by atoms with Crippen LogP contribution in [0.25, 0.3) is 0 Å². The number of guanidine groups is 1. The zero-order valence-electron chi connectivity index (χ0n) is 15.5. The van der Waals surface area contributed by atoms with Gasteiger partial charge in [0.1, 0.15) is 6.54 Å². The smallest absolute Gasteiger partial charge is 0.264 e. The number of anilines is 1. The van der Waals surface area contributed by atoms with E-state index >= 15 is 0 Å². The van der Waals surface area contributed by atoms with Gasteiger partial charge in [-0.05, 0) is 24.3 Å². The van der Waals surface area contributed by atoms with Crippen LogP contribution in [0, 0.1) is 11.8 Å². The molecule has 1 heterocycles. The standard InChI is InChI=1S/C17H22N4O5S/c1-10(2)15(23)21(16(24)11(3)4)12-5-7-13(8-6-12)27(25,26)20-17-18-9-14(22)19-17/h5-8,10-11H,9H2,1-4H3,(H2,18,19,20,22). The second-order valence-electron chi connectivity index (χ2n) is 6.63. The van der Waals surface area contributed by atoms with E-state index in [4.69, 9.17) is 0 Å². The van der Waals surface area contributed by atoms with Crippen molar-refractivity contribution in [2.24, 2.45) is 16.8 Å². The van der Waals surface area contributed by atoms with Crippen LogP contribution in [0.15, 0.2) is 34.2 Å². The molecule has 2 N–H and O–H groups in total. The highest BCUT2D eigenvalue weighted by molar-refractivity contribution is 7.90. The van der Waals surface area contributed by atoms with Crippen molar-refractivity contribution >= 4 is 39.4 Å². The van der Waals surface area contributed by atoms with Crippen LogP contribution in [0.5, 0.6) is 0 Å². The van der Waals surface area contributed by atoms with Gasteiger partial charge in [0.2, 0.25) is 23.7 Å². The Bertz CT molecular complexity index is 868. The number of sulfonamides is 1. The quantitative estimate of drug-likeness (QED) is 0.757. The highest BCUT2D eigenvalue weighted by Crippen LogP contribution is 2.22. The first-order valence-electron chi connectivity index (χ1n) is 8.38. The number of rotatable bonds is 5. The summed E-state index contributed by atoms with van der Waals surface area (Å²) in [5.41, 5.74) is 0.290. The van der Waals surface area contributed by atoms with Gasteiger partial charge in [0.25, 0.3) is 10.0 Å². The molecule has 0 radical (unpaired) electrons. The summed E-state index contributed by atoms with van der Waals surface area (Å²) in [6, 6.07) is 5.35. The van der Waals surface area contributed by atoms with Gasteiger partial charge in [-0.2, -0.15) is 0 Å². The number of carbonyl (C=O) groups is 3. The molecule has 9 nitrogen and oxygen atoms in total. The lowest BCUT2D eigenvalue weighted by Crippen LogP contribution is -2.42. The van der Waals surface area contributed by atoms with Gasteiger partial charge in [0.05, 0.1) is 10.6 Å². The van der Waals surface area contributed by atoms with E-state index in [1.54, 1.807) is 27.7 Å². The fraction of sp³-hybridized carbons (Fsp3) is 0.412. The number of amides is 3. The van der Waals surface area contributed by atoms with Crippen LogP contribution in [0.1, 0.15) is 27.7 Å². The summed E-state index contributed by atoms with van der Waals surface area (Å²) in [4.78, 5) is 40.7. The number of nitrogens with zero attached hydrogens (tertiary/aromatic N) is 2. The molecule has 3 amide bonds. The van der Waals surface area contributed by atoms with Gasteiger partial charge in [-0.25, -0.2) is 18.1 Å². The number of hydrogen-bond donors (Lipinski definition) is 2. The maximum atomic E-state index is 12.5. The number of benzene rings is 1. The maximum Gasteiger partial charge on any atom is 0.264 e. The second kappa shape index (κ2) is 7.87. The molecular weight excluding hydrogens is 372 g/mol. The van der Waals surface area contributed by atoms with E-state index in [1.807, 2.05) is 0 Å². The van der Waals surface area contributed by atoms with Crippen LogP contribution in [0.4, 0.5) is 5.69 Å². The molecule has 0 atom stereocenters. The maximum absolute atomic E-state index is 12.5. The molecule has 1 aliphatic heterocycles. The van der Waals surface area contributed by atoms with Crippen LogP contribution in [-0.2, 0) is 24.4 Å². The van der Waals surface area contributed by atoms with Gasteiger partial charge < -0.3 is 0 Å². The summed E-state index contributed by atoms with van der Waals surface area (Å²) in [6.45, 7) is 6.59. The molecule has 2 rings (SSSR count). The third kappa shape index (κ3) is 4.70. The van der Waals surface area contributed by atoms with E-state index < -0.39 is 27.8 Å². The summed E-state index contributed by atoms with van der Waals surface area (Å²) >= 11 is 0. The lowest BCUT2D eigenvalue weighted by atomic mass is 10.1. The molecule has 0 bridgehead atoms. The molecule has 0 saturated heterocycles. The topological polar surface area (TPSA) is 125 Å². The van der Waals surface area contributed by atoms with Gasteiger partial charge in [0, 0.05) is 11.8 Å². The summed E-state index contributed by atoms with van der Waals surface area (Å²) in [7, 11) is -3.97. The van der Waals surface area contributed by atoms with Crippen molar-refractivity contribution in [2.75, 3.05) is 11.4 Å². The fourth-order valence-electron chi connectivity index (χ4n) is 2.26. The van der Waals surface area contributed by atoms with Gasteiger partial charge >= 0.3 is 0 Å². The van der Waals surface area contributed by atoms with Gasteiger partial charge in [-0.1, -0.05) is 27.7 Å². The molecule has 0 unspecified atom stereocenters. The third-order valence-corrected chi connectivity index (χ3v) is 5.06. The Morgan fingerprint density at radius 3 is 2.00 bits per heavy atom. The summed E-state index contributed by atoms with van der Waals surface area (Å²) in [5.74, 6) is -2.09. The van der Waals surface area contributed by atoms with E-state index in [1.165, 1.54) is 24.3 Å². The number of hydrogen-bond acceptors (Lipinski definition) is 6. The van der Waals surface area contributed by atoms with E-state index in [0.717, 1.165) is 4.90 Å². The molecule has 27 heavy (non-hydrogen) atoms. The molecule has 0 aromatic heterocycles. The monoisotopic (exact) mass is 394 g/mol. The van der Waals surface area contributed by atoms with E-state index in [9.17, 15) is 22.8 Å². The predicted octanol–water partition coefficient (Wildman–Crippen LogP) is 0.622. The average Bonchev–Trinajstić information content (AvgIpc) is 2.99. The number of imide groups is 1. The van der Waals surface area contributed by atoms with Crippen molar-refractivity contribution in [3.8, 4) is 0 Å². The Labute approximate surface area is 157 Å². The number of aliphatic imine (C=N–C) groups is 1. The zero-order chi connectivity index (χ0) is 20.4. The van der Waals surface area contributed by atoms with Gasteiger partial charge in [0.15, 0.2) is 0 Å². The molecule has 146 valence electrons. The average molecular weight is 394 g/mol. The van der Waals surface area contributed by atoms with Crippen molar-refractivity contribution in [1.29, 1.82) is 0 Å². The zero-order valence-corrected chi connectivity index (χ0v) is 16.3. The van der Waals surface area contributed by atoms with Crippen molar-refractivity contribution in [2.45, 2.75) is 32.6 Å². The minimum absolute atomic E-state index is 0.0935. The van der Waals surface area contributed by atoms with Crippen molar-refractivity contribution < 1.29 is 22.8 Å². The van der Waals surface area contributed by atoms with E-state index in [2.05, 4.69) is 15.0 Å². The first-order valence-corrected chi connectivity index (χ1v) is 9.86. The van der Waals surface area contributed by atoms with Crippen LogP contribution >= 0.6 is 0 Å². The van der Waals surface area contributed by atoms with Crippen LogP contribution in [-0.4, -0.2) is 38.6 Å². The highest BCUT2D eigenvalue weighted by Gasteiger charge is 2.28. The lowest BCUT2D eigenvalue weighted by molar-refractivity contribution is -0.129. The lowest BCUT2D eigenvalue weighted by Gasteiger charge is -2.24. The van der Waals surface area contributed by atoms with Crippen molar-refractivity contribution in [3.63, 3.8) is 0 Å². The molecule has 1 aromatic carbocycles. The Morgan fingerprint density at radius 2 is 1.59 bits per heavy atom. The predicted molar refractivity (Wildman–Crippen MR) is 99.4 cm³/mol. The van der Waals surface area contributed by atoms with Crippen molar-refractivity contribution in [1.82, 2.24) is 10.0 Å². The normalized spacial score (nSPS) is 14.1. The third-order valence-electron chi connectivity index (χ3n) is 3.70. The fourth-order valence-corrected chi connectivity index (χ4v) is 3.24. The Balaban J connectivity index is 2.29. The summed E-state index contributed by atoms with van der Waals surface area (Å²) in [6.07, 6.45) is 0. The Hall–Kier alpha value is -2.75. The molecule has 0 aliphatic carbocycles. The molecule has 0 saturated carbocycles. The van der Waals surface area contributed by atoms with Gasteiger partial charge in [-0.3, -0.25) is 24.6 Å². The van der Waals surface area contributed by atoms with Crippen LogP contribution in [0.2, 0.25) is 0 Å². The van der Waals surface area contributed by atoms with E-state index in [-0.39, 0.29) is 34.9 Å². The first kappa shape index (κ1) is 20.6. The summed E-state index contributed by atoms with van der Waals surface area (Å²) in [5, 5.41) is 2.29. The SMILES string of the molecule is CC(C)C(=O)N(C(=O)C(C)C)c1ccc(S(=O)(=O)NC2=NCC(=O)N2)cc1. The van der Waals surface area contributed by atoms with Crippen molar-refractivity contribution in [3.05, 3.63) is 24.3 Å². The highest BCUT2D eigenvalue weighted by atomic mass is 32.2. The first-order chi connectivity index (χ1) is 12.5.